The molecule has 0 unspecified atom stereocenters. The molecule has 0 fully saturated rings. The van der Waals surface area contributed by atoms with Gasteiger partial charge >= 0.3 is 0 Å². The Hall–Kier alpha value is -4.53. The van der Waals surface area contributed by atoms with Gasteiger partial charge in [-0.05, 0) is 48.0 Å². The molecule has 9 nitrogen and oxygen atoms in total. The molecule has 0 atom stereocenters. The highest BCUT2D eigenvalue weighted by Gasteiger charge is 2.23. The number of ether oxygens (including phenoxy) is 5. The molecule has 0 saturated carbocycles. The van der Waals surface area contributed by atoms with Gasteiger partial charge in [-0.2, -0.15) is 0 Å². The molecule has 4 rings (SSSR count). The van der Waals surface area contributed by atoms with E-state index in [2.05, 4.69) is 4.98 Å². The molecule has 0 saturated heterocycles. The van der Waals surface area contributed by atoms with E-state index in [1.54, 1.807) is 50.6 Å². The first kappa shape index (κ1) is 22.7. The molecule has 1 heterocycles. The molecule has 0 aliphatic rings. The zero-order valence-corrected chi connectivity index (χ0v) is 18.8. The monoisotopic (exact) mass is 462 g/mol. The van der Waals surface area contributed by atoms with Gasteiger partial charge in [-0.3, -0.25) is 10.1 Å². The van der Waals surface area contributed by atoms with Crippen LogP contribution < -0.4 is 23.7 Å². The molecule has 1 aromatic heterocycles. The number of nitro benzene ring substituents is 1. The number of rotatable bonds is 9. The highest BCUT2D eigenvalue weighted by atomic mass is 16.6. The van der Waals surface area contributed by atoms with Crippen LogP contribution in [0.4, 0.5) is 5.69 Å². The lowest BCUT2D eigenvalue weighted by Crippen LogP contribution is -2.01. The Balaban J connectivity index is 1.70. The van der Waals surface area contributed by atoms with Crippen molar-refractivity contribution in [2.45, 2.75) is 6.61 Å². The number of aromatic nitrogens is 1. The van der Waals surface area contributed by atoms with E-state index >= 15 is 0 Å². The van der Waals surface area contributed by atoms with Crippen LogP contribution in [0.3, 0.4) is 0 Å². The first-order valence-corrected chi connectivity index (χ1v) is 10.3. The number of hydrogen-bond donors (Lipinski definition) is 0. The quantitative estimate of drug-likeness (QED) is 0.236. The summed E-state index contributed by atoms with van der Waals surface area (Å²) in [6.07, 6.45) is 0. The Morgan fingerprint density at radius 2 is 1.44 bits per heavy atom. The first-order chi connectivity index (χ1) is 16.5. The Bertz CT molecular complexity index is 1310. The number of methoxy groups -OCH3 is 3. The number of pyridine rings is 1. The summed E-state index contributed by atoms with van der Waals surface area (Å²) in [5.41, 5.74) is 0.806. The summed E-state index contributed by atoms with van der Waals surface area (Å²) in [5.74, 6) is 2.68. The summed E-state index contributed by atoms with van der Waals surface area (Å²) in [6, 6.07) is 18.9. The molecule has 0 bridgehead atoms. The van der Waals surface area contributed by atoms with Crippen LogP contribution in [0, 0.1) is 10.1 Å². The molecular weight excluding hydrogens is 440 g/mol. The maximum atomic E-state index is 11.8. The SMILES string of the molecule is COc1ccc(COc2ccc3c(Oc4ccc(OC)cc4)c(OC)cc([N+](=O)[O-])c3n2)cc1. The molecule has 0 radical (unpaired) electrons. The fourth-order valence-corrected chi connectivity index (χ4v) is 3.33. The van der Waals surface area contributed by atoms with Gasteiger partial charge in [-0.25, -0.2) is 4.98 Å². The van der Waals surface area contributed by atoms with E-state index in [4.69, 9.17) is 23.7 Å². The van der Waals surface area contributed by atoms with E-state index in [1.807, 2.05) is 24.3 Å². The van der Waals surface area contributed by atoms with Crippen LogP contribution in [0.1, 0.15) is 5.56 Å². The molecule has 34 heavy (non-hydrogen) atoms. The second-order valence-electron chi connectivity index (χ2n) is 7.14. The van der Waals surface area contributed by atoms with E-state index in [9.17, 15) is 10.1 Å². The molecule has 4 aromatic rings. The lowest BCUT2D eigenvalue weighted by atomic mass is 10.1. The van der Waals surface area contributed by atoms with Gasteiger partial charge in [0, 0.05) is 6.07 Å². The fraction of sp³-hybridized carbons (Fsp3) is 0.160. The lowest BCUT2D eigenvalue weighted by molar-refractivity contribution is -0.383. The fourth-order valence-electron chi connectivity index (χ4n) is 3.33. The van der Waals surface area contributed by atoms with Crippen molar-refractivity contribution in [3.63, 3.8) is 0 Å². The number of fused-ring (bicyclic) bond motifs is 1. The van der Waals surface area contributed by atoms with Crippen molar-refractivity contribution in [2.24, 2.45) is 0 Å². The van der Waals surface area contributed by atoms with Crippen molar-refractivity contribution >= 4 is 16.6 Å². The van der Waals surface area contributed by atoms with Crippen LogP contribution in [-0.2, 0) is 6.61 Å². The van der Waals surface area contributed by atoms with Crippen LogP contribution in [0.15, 0.2) is 66.7 Å². The van der Waals surface area contributed by atoms with Gasteiger partial charge < -0.3 is 23.7 Å². The van der Waals surface area contributed by atoms with Crippen LogP contribution >= 0.6 is 0 Å². The van der Waals surface area contributed by atoms with E-state index in [0.717, 1.165) is 11.3 Å². The Morgan fingerprint density at radius 3 is 2.03 bits per heavy atom. The molecular formula is C25H22N2O7. The normalized spacial score (nSPS) is 10.6. The number of nitrogens with zero attached hydrogens (tertiary/aromatic N) is 2. The number of hydrogen-bond acceptors (Lipinski definition) is 8. The van der Waals surface area contributed by atoms with Crippen molar-refractivity contribution in [2.75, 3.05) is 21.3 Å². The average molecular weight is 462 g/mol. The minimum absolute atomic E-state index is 0.126. The van der Waals surface area contributed by atoms with Gasteiger partial charge in [-0.15, -0.1) is 0 Å². The third-order valence-electron chi connectivity index (χ3n) is 5.09. The van der Waals surface area contributed by atoms with Gasteiger partial charge in [0.25, 0.3) is 5.69 Å². The standard InChI is InChI=1S/C25H22N2O7/c1-30-17-6-4-16(5-7-17)15-33-23-13-12-20-24(26-23)21(27(28)29)14-22(32-3)25(20)34-19-10-8-18(31-2)9-11-19/h4-14H,15H2,1-3H3. The molecule has 0 spiro atoms. The van der Waals surface area contributed by atoms with Crippen LogP contribution in [0.5, 0.6) is 34.6 Å². The maximum Gasteiger partial charge on any atom is 0.299 e. The molecule has 9 heteroatoms. The summed E-state index contributed by atoms with van der Waals surface area (Å²) in [6.45, 7) is 0.238. The second-order valence-corrected chi connectivity index (χ2v) is 7.14. The van der Waals surface area contributed by atoms with Gasteiger partial charge in [-0.1, -0.05) is 12.1 Å². The maximum absolute atomic E-state index is 11.8. The Labute approximate surface area is 195 Å². The zero-order valence-electron chi connectivity index (χ0n) is 18.8. The van der Waals surface area contributed by atoms with Gasteiger partial charge in [0.15, 0.2) is 17.0 Å². The molecule has 0 aliphatic carbocycles. The van der Waals surface area contributed by atoms with E-state index in [1.165, 1.54) is 13.2 Å². The first-order valence-electron chi connectivity index (χ1n) is 10.3. The minimum Gasteiger partial charge on any atom is -0.497 e. The van der Waals surface area contributed by atoms with E-state index in [-0.39, 0.29) is 29.4 Å². The van der Waals surface area contributed by atoms with Crippen LogP contribution in [0.25, 0.3) is 10.9 Å². The predicted molar refractivity (Wildman–Crippen MR) is 125 cm³/mol. The van der Waals surface area contributed by atoms with Crippen molar-refractivity contribution < 1.29 is 28.6 Å². The van der Waals surface area contributed by atoms with Gasteiger partial charge in [0.05, 0.1) is 37.7 Å². The Kier molecular flexibility index (Phi) is 6.63. The van der Waals surface area contributed by atoms with Gasteiger partial charge in [0.2, 0.25) is 5.88 Å². The summed E-state index contributed by atoms with van der Waals surface area (Å²) < 4.78 is 27.5. The molecule has 3 aromatic carbocycles. The molecule has 174 valence electrons. The van der Waals surface area contributed by atoms with Crippen molar-refractivity contribution in [1.29, 1.82) is 0 Å². The van der Waals surface area contributed by atoms with Crippen molar-refractivity contribution in [3.8, 4) is 34.6 Å². The summed E-state index contributed by atoms with van der Waals surface area (Å²) in [7, 11) is 4.59. The second kappa shape index (κ2) is 9.95. The number of non-ortho nitro benzene ring substituents is 1. The van der Waals surface area contributed by atoms with Crippen LogP contribution in [0.2, 0.25) is 0 Å². The highest BCUT2D eigenvalue weighted by molar-refractivity contribution is 5.95. The number of benzene rings is 3. The predicted octanol–water partition coefficient (Wildman–Crippen LogP) is 5.54. The molecule has 0 amide bonds. The lowest BCUT2D eigenvalue weighted by Gasteiger charge is -2.14. The summed E-state index contributed by atoms with van der Waals surface area (Å²) in [4.78, 5) is 15.7. The summed E-state index contributed by atoms with van der Waals surface area (Å²) in [5, 5.41) is 12.2. The molecule has 0 N–H and O–H groups in total. The van der Waals surface area contributed by atoms with Crippen molar-refractivity contribution in [1.82, 2.24) is 4.98 Å². The summed E-state index contributed by atoms with van der Waals surface area (Å²) >= 11 is 0. The zero-order chi connectivity index (χ0) is 24.1. The smallest absolute Gasteiger partial charge is 0.299 e. The van der Waals surface area contributed by atoms with Crippen LogP contribution in [-0.4, -0.2) is 31.2 Å². The topological polar surface area (TPSA) is 102 Å². The number of nitro groups is 1. The third-order valence-corrected chi connectivity index (χ3v) is 5.09. The average Bonchev–Trinajstić information content (AvgIpc) is 2.88. The largest absolute Gasteiger partial charge is 0.497 e. The highest BCUT2D eigenvalue weighted by Crippen LogP contribution is 2.43. The third kappa shape index (κ3) is 4.78. The van der Waals surface area contributed by atoms with E-state index < -0.39 is 4.92 Å². The van der Waals surface area contributed by atoms with Crippen molar-refractivity contribution in [3.05, 3.63) is 82.4 Å². The minimum atomic E-state index is -0.512. The Morgan fingerprint density at radius 1 is 0.824 bits per heavy atom. The van der Waals surface area contributed by atoms with Gasteiger partial charge in [0.1, 0.15) is 23.9 Å². The van der Waals surface area contributed by atoms with E-state index in [0.29, 0.717) is 22.6 Å². The molecule has 0 aliphatic heterocycles.